The second-order valence-electron chi connectivity index (χ2n) is 7.53. The summed E-state index contributed by atoms with van der Waals surface area (Å²) in [5, 5.41) is 0.617. The van der Waals surface area contributed by atoms with E-state index in [0.717, 1.165) is 9.87 Å². The summed E-state index contributed by atoms with van der Waals surface area (Å²) in [5.41, 5.74) is 7.16. The number of para-hydroxylation sites is 1. The van der Waals surface area contributed by atoms with Crippen LogP contribution in [0.5, 0.6) is 0 Å². The molecular formula is C24H21N5O4S. The maximum absolute atomic E-state index is 13.0. The molecule has 2 aromatic carbocycles. The lowest BCUT2D eigenvalue weighted by Crippen LogP contribution is -2.41. The number of benzene rings is 2. The lowest BCUT2D eigenvalue weighted by atomic mass is 10.0. The molecule has 0 saturated heterocycles. The highest BCUT2D eigenvalue weighted by molar-refractivity contribution is 7.89. The normalized spacial score (nSPS) is 11.4. The van der Waals surface area contributed by atoms with Crippen molar-refractivity contribution in [3.63, 3.8) is 0 Å². The minimum absolute atomic E-state index is 0.0291. The van der Waals surface area contributed by atoms with Gasteiger partial charge in [-0.2, -0.15) is 0 Å². The predicted octanol–water partition coefficient (Wildman–Crippen LogP) is 2.62. The summed E-state index contributed by atoms with van der Waals surface area (Å²) in [6, 6.07) is 18.0. The summed E-state index contributed by atoms with van der Waals surface area (Å²) >= 11 is 0. The zero-order valence-corrected chi connectivity index (χ0v) is 19.2. The number of fused-ring (bicyclic) bond motifs is 1. The molecule has 9 nitrogen and oxygen atoms in total. The van der Waals surface area contributed by atoms with Crippen LogP contribution in [-0.4, -0.2) is 48.6 Å². The predicted molar refractivity (Wildman–Crippen MR) is 127 cm³/mol. The lowest BCUT2D eigenvalue weighted by Gasteiger charge is -2.13. The molecule has 2 amide bonds. The molecule has 4 rings (SSSR count). The highest BCUT2D eigenvalue weighted by Crippen LogP contribution is 2.24. The van der Waals surface area contributed by atoms with Crippen molar-refractivity contribution in [2.24, 2.45) is 0 Å². The smallest absolute Gasteiger partial charge is 0.267 e. The number of rotatable bonds is 5. The summed E-state index contributed by atoms with van der Waals surface area (Å²) < 4.78 is 25.7. The second kappa shape index (κ2) is 9.38. The van der Waals surface area contributed by atoms with Crippen LogP contribution in [0.4, 0.5) is 0 Å². The van der Waals surface area contributed by atoms with Crippen LogP contribution in [-0.2, 0) is 10.0 Å². The summed E-state index contributed by atoms with van der Waals surface area (Å²) in [7, 11) is -0.899. The Morgan fingerprint density at radius 2 is 1.56 bits per heavy atom. The topological polar surface area (TPSA) is 121 Å². The number of hydrogen-bond donors (Lipinski definition) is 2. The van der Waals surface area contributed by atoms with E-state index in [4.69, 9.17) is 0 Å². The van der Waals surface area contributed by atoms with Crippen LogP contribution in [0.25, 0.3) is 22.2 Å². The molecule has 0 atom stereocenters. The standard InChI is InChI=1S/C24H21N5O4S/c1-29(2)34(32,33)18-7-5-6-17(14-18)23(30)27-28-24(31)20-15-22(16-10-12-25-13-11-16)26-21-9-4-3-8-19(20)21/h3-15H,1-2H3,(H,27,30)(H,28,31). The van der Waals surface area contributed by atoms with E-state index in [1.807, 2.05) is 6.07 Å². The monoisotopic (exact) mass is 475 g/mol. The zero-order valence-electron chi connectivity index (χ0n) is 18.4. The fraction of sp³-hybridized carbons (Fsp3) is 0.0833. The third-order valence-electron chi connectivity index (χ3n) is 5.10. The van der Waals surface area contributed by atoms with E-state index in [0.29, 0.717) is 22.2 Å². The van der Waals surface area contributed by atoms with Crippen LogP contribution in [0.2, 0.25) is 0 Å². The fourth-order valence-electron chi connectivity index (χ4n) is 3.30. The largest absolute Gasteiger partial charge is 0.270 e. The Morgan fingerprint density at radius 1 is 0.853 bits per heavy atom. The average Bonchev–Trinajstić information content (AvgIpc) is 2.86. The molecule has 0 unspecified atom stereocenters. The molecule has 4 aromatic rings. The number of carbonyl (C=O) groups excluding carboxylic acids is 2. The molecule has 10 heteroatoms. The highest BCUT2D eigenvalue weighted by Gasteiger charge is 2.19. The van der Waals surface area contributed by atoms with Crippen molar-refractivity contribution in [3.8, 4) is 11.3 Å². The molecule has 2 heterocycles. The van der Waals surface area contributed by atoms with Crippen molar-refractivity contribution < 1.29 is 18.0 Å². The molecule has 2 aromatic heterocycles. The maximum atomic E-state index is 13.0. The van der Waals surface area contributed by atoms with Gasteiger partial charge in [-0.15, -0.1) is 0 Å². The Kier molecular flexibility index (Phi) is 6.35. The SMILES string of the molecule is CN(C)S(=O)(=O)c1cccc(C(=O)NNC(=O)c2cc(-c3ccncc3)nc3ccccc23)c1. The van der Waals surface area contributed by atoms with Crippen LogP contribution in [0, 0.1) is 0 Å². The van der Waals surface area contributed by atoms with Crippen LogP contribution < -0.4 is 10.9 Å². The van der Waals surface area contributed by atoms with Gasteiger partial charge in [-0.1, -0.05) is 24.3 Å². The first-order valence-electron chi connectivity index (χ1n) is 10.2. The zero-order chi connectivity index (χ0) is 24.3. The van der Waals surface area contributed by atoms with Gasteiger partial charge in [0.15, 0.2) is 0 Å². The minimum Gasteiger partial charge on any atom is -0.267 e. The van der Waals surface area contributed by atoms with Gasteiger partial charge in [0, 0.05) is 43.0 Å². The van der Waals surface area contributed by atoms with E-state index in [9.17, 15) is 18.0 Å². The van der Waals surface area contributed by atoms with E-state index in [1.165, 1.54) is 38.4 Å². The third-order valence-corrected chi connectivity index (χ3v) is 6.91. The van der Waals surface area contributed by atoms with E-state index >= 15 is 0 Å². The van der Waals surface area contributed by atoms with E-state index < -0.39 is 21.8 Å². The highest BCUT2D eigenvalue weighted by atomic mass is 32.2. The molecule has 0 saturated carbocycles. The van der Waals surface area contributed by atoms with Crippen molar-refractivity contribution in [2.75, 3.05) is 14.1 Å². The minimum atomic E-state index is -3.71. The Morgan fingerprint density at radius 3 is 2.29 bits per heavy atom. The van der Waals surface area contributed by atoms with E-state index in [2.05, 4.69) is 20.8 Å². The van der Waals surface area contributed by atoms with Gasteiger partial charge in [-0.05, 0) is 42.5 Å². The molecule has 34 heavy (non-hydrogen) atoms. The number of aromatic nitrogens is 2. The van der Waals surface area contributed by atoms with Gasteiger partial charge in [0.05, 0.1) is 21.7 Å². The number of sulfonamides is 1. The molecule has 172 valence electrons. The number of hydrogen-bond acceptors (Lipinski definition) is 6. The summed E-state index contributed by atoms with van der Waals surface area (Å²) in [6.07, 6.45) is 3.27. The summed E-state index contributed by atoms with van der Waals surface area (Å²) in [4.78, 5) is 34.3. The van der Waals surface area contributed by atoms with Crippen molar-refractivity contribution in [2.45, 2.75) is 4.90 Å². The molecule has 0 aliphatic rings. The fourth-order valence-corrected chi connectivity index (χ4v) is 4.24. The number of nitrogens with one attached hydrogen (secondary N) is 2. The van der Waals surface area contributed by atoms with E-state index in [-0.39, 0.29) is 10.5 Å². The van der Waals surface area contributed by atoms with Gasteiger partial charge in [0.1, 0.15) is 0 Å². The van der Waals surface area contributed by atoms with Gasteiger partial charge in [-0.3, -0.25) is 25.4 Å². The number of carbonyl (C=O) groups is 2. The molecule has 2 N–H and O–H groups in total. The number of amides is 2. The Hall–Kier alpha value is -4.15. The van der Waals surface area contributed by atoms with E-state index in [1.54, 1.807) is 48.8 Å². The number of nitrogens with zero attached hydrogens (tertiary/aromatic N) is 3. The summed E-state index contributed by atoms with van der Waals surface area (Å²) in [5.74, 6) is -1.20. The molecule has 0 spiro atoms. The third kappa shape index (κ3) is 4.63. The molecule has 0 bridgehead atoms. The summed E-state index contributed by atoms with van der Waals surface area (Å²) in [6.45, 7) is 0. The first-order chi connectivity index (χ1) is 16.3. The van der Waals surface area contributed by atoms with Crippen LogP contribution in [0.1, 0.15) is 20.7 Å². The number of pyridine rings is 2. The first kappa shape index (κ1) is 23.0. The van der Waals surface area contributed by atoms with Crippen molar-refractivity contribution in [3.05, 3.63) is 90.3 Å². The average molecular weight is 476 g/mol. The van der Waals surface area contributed by atoms with Gasteiger partial charge >= 0.3 is 0 Å². The second-order valence-corrected chi connectivity index (χ2v) is 9.68. The van der Waals surface area contributed by atoms with Gasteiger partial charge in [0.2, 0.25) is 10.0 Å². The maximum Gasteiger partial charge on any atom is 0.270 e. The van der Waals surface area contributed by atoms with Gasteiger partial charge < -0.3 is 0 Å². The van der Waals surface area contributed by atoms with Crippen molar-refractivity contribution >= 4 is 32.7 Å². The van der Waals surface area contributed by atoms with Gasteiger partial charge in [-0.25, -0.2) is 17.7 Å². The van der Waals surface area contributed by atoms with Crippen molar-refractivity contribution in [1.82, 2.24) is 25.1 Å². The first-order valence-corrected chi connectivity index (χ1v) is 11.6. The quantitative estimate of drug-likeness (QED) is 0.428. The van der Waals surface area contributed by atoms with Crippen LogP contribution >= 0.6 is 0 Å². The molecule has 0 aliphatic heterocycles. The van der Waals surface area contributed by atoms with Gasteiger partial charge in [0.25, 0.3) is 11.8 Å². The van der Waals surface area contributed by atoms with Crippen LogP contribution in [0.15, 0.2) is 84.0 Å². The van der Waals surface area contributed by atoms with Crippen LogP contribution in [0.3, 0.4) is 0 Å². The molecule has 0 radical (unpaired) electrons. The lowest BCUT2D eigenvalue weighted by molar-refractivity contribution is 0.0847. The molecule has 0 aliphatic carbocycles. The Bertz CT molecular complexity index is 1490. The number of hydrazine groups is 1. The Labute approximate surface area is 196 Å². The molecule has 0 fully saturated rings. The van der Waals surface area contributed by atoms with Crippen molar-refractivity contribution in [1.29, 1.82) is 0 Å². The Balaban J connectivity index is 1.59. The molecular weight excluding hydrogens is 454 g/mol.